The molecule has 88 valence electrons. The minimum atomic E-state index is 0.669. The number of hydrogen-bond acceptors (Lipinski definition) is 1. The zero-order valence-electron chi connectivity index (χ0n) is 9.88. The Hall–Kier alpha value is -0.0900. The molecular formula is C14H20IN. The molecule has 0 spiro atoms. The van der Waals surface area contributed by atoms with Gasteiger partial charge in [0.05, 0.1) is 0 Å². The molecule has 0 bridgehead atoms. The highest BCUT2D eigenvalue weighted by Crippen LogP contribution is 2.29. The number of rotatable bonds is 4. The Morgan fingerprint density at radius 3 is 2.44 bits per heavy atom. The Kier molecular flexibility index (Phi) is 4.65. The molecule has 0 heterocycles. The summed E-state index contributed by atoms with van der Waals surface area (Å²) in [4.78, 5) is 0. The van der Waals surface area contributed by atoms with E-state index >= 15 is 0 Å². The molecule has 1 fully saturated rings. The van der Waals surface area contributed by atoms with Crippen molar-refractivity contribution in [1.82, 2.24) is 5.32 Å². The lowest BCUT2D eigenvalue weighted by Crippen LogP contribution is -2.34. The summed E-state index contributed by atoms with van der Waals surface area (Å²) in [6, 6.07) is 9.61. The summed E-state index contributed by atoms with van der Waals surface area (Å²) in [5.74, 6) is 0.893. The van der Waals surface area contributed by atoms with Gasteiger partial charge in [0, 0.05) is 9.61 Å². The van der Waals surface area contributed by atoms with Crippen molar-refractivity contribution in [3.05, 3.63) is 33.4 Å². The molecule has 2 heteroatoms. The summed E-state index contributed by atoms with van der Waals surface area (Å²) in [5.41, 5.74) is 1.46. The zero-order chi connectivity index (χ0) is 11.4. The highest BCUT2D eigenvalue weighted by molar-refractivity contribution is 14.1. The predicted octanol–water partition coefficient (Wildman–Crippen LogP) is 3.61. The van der Waals surface area contributed by atoms with Crippen LogP contribution in [0.15, 0.2) is 24.3 Å². The van der Waals surface area contributed by atoms with Crippen LogP contribution in [-0.4, -0.2) is 13.1 Å². The topological polar surface area (TPSA) is 12.0 Å². The summed E-state index contributed by atoms with van der Waals surface area (Å²) >= 11 is 2.36. The van der Waals surface area contributed by atoms with Crippen LogP contribution >= 0.6 is 22.6 Å². The lowest BCUT2D eigenvalue weighted by Gasteiger charge is -2.23. The lowest BCUT2D eigenvalue weighted by atomic mass is 9.92. The highest BCUT2D eigenvalue weighted by atomic mass is 127. The molecule has 1 saturated carbocycles. The van der Waals surface area contributed by atoms with Crippen LogP contribution in [0.3, 0.4) is 0 Å². The molecule has 1 unspecified atom stereocenters. The van der Waals surface area contributed by atoms with Gasteiger partial charge in [0.25, 0.3) is 0 Å². The van der Waals surface area contributed by atoms with Gasteiger partial charge in [0.2, 0.25) is 0 Å². The van der Waals surface area contributed by atoms with Gasteiger partial charge in [-0.05, 0) is 72.5 Å². The molecule has 1 atom stereocenters. The molecule has 0 radical (unpaired) electrons. The standard InChI is InChI=1S/C14H20IN/c1-16-14(12-4-2-3-5-12)10-11-6-8-13(15)9-7-11/h6-9,12,14,16H,2-5,10H2,1H3. The summed E-state index contributed by atoms with van der Waals surface area (Å²) in [6.07, 6.45) is 6.86. The van der Waals surface area contributed by atoms with E-state index in [4.69, 9.17) is 0 Å². The molecule has 0 aliphatic heterocycles. The lowest BCUT2D eigenvalue weighted by molar-refractivity contribution is 0.377. The van der Waals surface area contributed by atoms with Crippen molar-refractivity contribution in [1.29, 1.82) is 0 Å². The van der Waals surface area contributed by atoms with E-state index in [-0.39, 0.29) is 0 Å². The number of likely N-dealkylation sites (N-methyl/N-ethyl adjacent to an activating group) is 1. The molecule has 1 aliphatic carbocycles. The number of hydrogen-bond donors (Lipinski definition) is 1. The average Bonchev–Trinajstić information content (AvgIpc) is 2.82. The molecule has 1 nitrogen and oxygen atoms in total. The summed E-state index contributed by atoms with van der Waals surface area (Å²) in [6.45, 7) is 0. The van der Waals surface area contributed by atoms with E-state index in [9.17, 15) is 0 Å². The van der Waals surface area contributed by atoms with E-state index in [1.54, 1.807) is 0 Å². The van der Waals surface area contributed by atoms with Crippen LogP contribution < -0.4 is 5.32 Å². The van der Waals surface area contributed by atoms with E-state index in [0.717, 1.165) is 5.92 Å². The third kappa shape index (κ3) is 3.20. The molecule has 0 amide bonds. The van der Waals surface area contributed by atoms with Gasteiger partial charge < -0.3 is 5.32 Å². The van der Waals surface area contributed by atoms with E-state index in [2.05, 4.69) is 59.2 Å². The Bertz CT molecular complexity index is 314. The monoisotopic (exact) mass is 329 g/mol. The summed E-state index contributed by atoms with van der Waals surface area (Å²) < 4.78 is 1.32. The fourth-order valence-electron chi connectivity index (χ4n) is 2.74. The number of nitrogens with one attached hydrogen (secondary N) is 1. The van der Waals surface area contributed by atoms with Crippen molar-refractivity contribution in [2.24, 2.45) is 5.92 Å². The maximum atomic E-state index is 3.51. The van der Waals surface area contributed by atoms with Gasteiger partial charge in [-0.25, -0.2) is 0 Å². The number of halogens is 1. The molecule has 0 saturated heterocycles. The molecule has 1 N–H and O–H groups in total. The van der Waals surface area contributed by atoms with E-state index in [0.29, 0.717) is 6.04 Å². The fraction of sp³-hybridized carbons (Fsp3) is 0.571. The first kappa shape index (κ1) is 12.4. The second kappa shape index (κ2) is 6.01. The Morgan fingerprint density at radius 1 is 1.25 bits per heavy atom. The summed E-state index contributed by atoms with van der Waals surface area (Å²) in [7, 11) is 2.11. The second-order valence-electron chi connectivity index (χ2n) is 4.77. The molecular weight excluding hydrogens is 309 g/mol. The van der Waals surface area contributed by atoms with Crippen molar-refractivity contribution >= 4 is 22.6 Å². The van der Waals surface area contributed by atoms with Crippen LogP contribution in [0.4, 0.5) is 0 Å². The van der Waals surface area contributed by atoms with Crippen LogP contribution in [0.5, 0.6) is 0 Å². The third-order valence-corrected chi connectivity index (χ3v) is 4.43. The highest BCUT2D eigenvalue weighted by Gasteiger charge is 2.23. The first-order valence-electron chi connectivity index (χ1n) is 6.21. The van der Waals surface area contributed by atoms with Gasteiger partial charge in [-0.3, -0.25) is 0 Å². The van der Waals surface area contributed by atoms with Crippen molar-refractivity contribution in [3.63, 3.8) is 0 Å². The first-order chi connectivity index (χ1) is 7.79. The minimum Gasteiger partial charge on any atom is -0.316 e. The van der Waals surface area contributed by atoms with Gasteiger partial charge in [0.1, 0.15) is 0 Å². The average molecular weight is 329 g/mol. The normalized spacial score (nSPS) is 18.9. The molecule has 0 aromatic heterocycles. The van der Waals surface area contributed by atoms with Gasteiger partial charge in [-0.15, -0.1) is 0 Å². The Balaban J connectivity index is 1.97. The van der Waals surface area contributed by atoms with Crippen LogP contribution in [0.1, 0.15) is 31.2 Å². The van der Waals surface area contributed by atoms with Crippen molar-refractivity contribution in [2.75, 3.05) is 7.05 Å². The second-order valence-corrected chi connectivity index (χ2v) is 6.02. The first-order valence-corrected chi connectivity index (χ1v) is 7.29. The van der Waals surface area contributed by atoms with Crippen LogP contribution in [0.2, 0.25) is 0 Å². The molecule has 1 aliphatic rings. The van der Waals surface area contributed by atoms with Gasteiger partial charge in [-0.2, -0.15) is 0 Å². The SMILES string of the molecule is CNC(Cc1ccc(I)cc1)C1CCCC1. The quantitative estimate of drug-likeness (QED) is 0.832. The van der Waals surface area contributed by atoms with Crippen LogP contribution in [0.25, 0.3) is 0 Å². The van der Waals surface area contributed by atoms with Crippen molar-refractivity contribution in [3.8, 4) is 0 Å². The van der Waals surface area contributed by atoms with E-state index in [1.807, 2.05) is 0 Å². The Labute approximate surface area is 112 Å². The molecule has 1 aromatic carbocycles. The smallest absolute Gasteiger partial charge is 0.0133 e. The van der Waals surface area contributed by atoms with Gasteiger partial charge >= 0.3 is 0 Å². The zero-order valence-corrected chi connectivity index (χ0v) is 12.0. The largest absolute Gasteiger partial charge is 0.316 e. The third-order valence-electron chi connectivity index (χ3n) is 3.71. The van der Waals surface area contributed by atoms with E-state index in [1.165, 1.54) is 41.2 Å². The Morgan fingerprint density at radius 2 is 1.88 bits per heavy atom. The predicted molar refractivity (Wildman–Crippen MR) is 77.7 cm³/mol. The molecule has 2 rings (SSSR count). The number of benzene rings is 1. The van der Waals surface area contributed by atoms with Gasteiger partial charge in [0.15, 0.2) is 0 Å². The van der Waals surface area contributed by atoms with Crippen LogP contribution in [-0.2, 0) is 6.42 Å². The van der Waals surface area contributed by atoms with Gasteiger partial charge in [-0.1, -0.05) is 25.0 Å². The van der Waals surface area contributed by atoms with Crippen molar-refractivity contribution < 1.29 is 0 Å². The fourth-order valence-corrected chi connectivity index (χ4v) is 3.10. The minimum absolute atomic E-state index is 0.669. The summed E-state index contributed by atoms with van der Waals surface area (Å²) in [5, 5.41) is 3.51. The van der Waals surface area contributed by atoms with E-state index < -0.39 is 0 Å². The maximum absolute atomic E-state index is 3.51. The van der Waals surface area contributed by atoms with Crippen molar-refractivity contribution in [2.45, 2.75) is 38.1 Å². The maximum Gasteiger partial charge on any atom is 0.0133 e. The molecule has 16 heavy (non-hydrogen) atoms. The molecule has 1 aromatic rings. The van der Waals surface area contributed by atoms with Crippen LogP contribution in [0, 0.1) is 9.49 Å².